The van der Waals surface area contributed by atoms with E-state index in [2.05, 4.69) is 10.4 Å². The van der Waals surface area contributed by atoms with Crippen molar-refractivity contribution in [2.75, 3.05) is 6.26 Å². The molecule has 2 aromatic rings. The van der Waals surface area contributed by atoms with Gasteiger partial charge < -0.3 is 5.32 Å². The minimum absolute atomic E-state index is 0.225. The lowest BCUT2D eigenvalue weighted by atomic mass is 10.2. The summed E-state index contributed by atoms with van der Waals surface area (Å²) in [5, 5.41) is 6.67. The molecule has 1 N–H and O–H groups in total. The Morgan fingerprint density at radius 2 is 1.90 bits per heavy atom. The highest BCUT2D eigenvalue weighted by atomic mass is 32.2. The van der Waals surface area contributed by atoms with Gasteiger partial charge in [0.1, 0.15) is 5.69 Å². The number of nitrogens with zero attached hydrogens (tertiary/aromatic N) is 2. The average molecular weight is 293 g/mol. The molecule has 0 unspecified atom stereocenters. The van der Waals surface area contributed by atoms with Crippen LogP contribution in [-0.2, 0) is 23.4 Å². The lowest BCUT2D eigenvalue weighted by molar-refractivity contribution is 0.0941. The lowest BCUT2D eigenvalue weighted by Crippen LogP contribution is -2.25. The Hall–Kier alpha value is -2.15. The minimum Gasteiger partial charge on any atom is -0.347 e. The maximum absolute atomic E-state index is 11.9. The molecule has 0 bridgehead atoms. The monoisotopic (exact) mass is 293 g/mol. The molecule has 2 rings (SSSR count). The molecule has 20 heavy (non-hydrogen) atoms. The van der Waals surface area contributed by atoms with Gasteiger partial charge in [0.05, 0.1) is 4.90 Å². The first-order valence-electron chi connectivity index (χ1n) is 5.93. The Morgan fingerprint density at radius 1 is 1.25 bits per heavy atom. The minimum atomic E-state index is -3.19. The second-order valence-electron chi connectivity index (χ2n) is 4.44. The standard InChI is InChI=1S/C13H15N3O3S/c1-16-12(7-8-15-16)13(17)14-9-10-3-5-11(6-4-10)20(2,18)19/h3-8H,9H2,1-2H3,(H,14,17). The van der Waals surface area contributed by atoms with Crippen LogP contribution >= 0.6 is 0 Å². The Kier molecular flexibility index (Phi) is 3.89. The summed E-state index contributed by atoms with van der Waals surface area (Å²) in [6.07, 6.45) is 2.71. The van der Waals surface area contributed by atoms with Gasteiger partial charge in [-0.25, -0.2) is 8.42 Å². The largest absolute Gasteiger partial charge is 0.347 e. The molecule has 0 spiro atoms. The number of carbonyl (C=O) groups excluding carboxylic acids is 1. The van der Waals surface area contributed by atoms with E-state index in [9.17, 15) is 13.2 Å². The Bertz CT molecular complexity index is 718. The fourth-order valence-corrected chi connectivity index (χ4v) is 2.35. The van der Waals surface area contributed by atoms with E-state index in [0.717, 1.165) is 11.8 Å². The van der Waals surface area contributed by atoms with Gasteiger partial charge in [0.2, 0.25) is 0 Å². The summed E-state index contributed by atoms with van der Waals surface area (Å²) in [5.41, 5.74) is 1.30. The van der Waals surface area contributed by atoms with Crippen molar-refractivity contribution in [2.24, 2.45) is 7.05 Å². The van der Waals surface area contributed by atoms with Crippen LogP contribution < -0.4 is 5.32 Å². The first-order chi connectivity index (χ1) is 9.38. The van der Waals surface area contributed by atoms with Gasteiger partial charge in [0.15, 0.2) is 9.84 Å². The van der Waals surface area contributed by atoms with Gasteiger partial charge in [0, 0.05) is 26.0 Å². The van der Waals surface area contributed by atoms with E-state index in [1.165, 1.54) is 16.8 Å². The van der Waals surface area contributed by atoms with Gasteiger partial charge in [-0.15, -0.1) is 0 Å². The fourth-order valence-electron chi connectivity index (χ4n) is 1.72. The molecule has 0 saturated heterocycles. The Morgan fingerprint density at radius 3 is 2.40 bits per heavy atom. The number of carbonyl (C=O) groups is 1. The van der Waals surface area contributed by atoms with E-state index in [1.54, 1.807) is 31.4 Å². The number of aromatic nitrogens is 2. The van der Waals surface area contributed by atoms with Crippen LogP contribution in [0.25, 0.3) is 0 Å². The average Bonchev–Trinajstić information content (AvgIpc) is 2.82. The molecule has 0 fully saturated rings. The number of amides is 1. The number of hydrogen-bond acceptors (Lipinski definition) is 4. The third-order valence-electron chi connectivity index (χ3n) is 2.86. The molecular weight excluding hydrogens is 278 g/mol. The molecule has 106 valence electrons. The molecule has 1 heterocycles. The van der Waals surface area contributed by atoms with Crippen molar-refractivity contribution in [1.29, 1.82) is 0 Å². The van der Waals surface area contributed by atoms with Crippen molar-refractivity contribution in [3.05, 3.63) is 47.8 Å². The van der Waals surface area contributed by atoms with Crippen LogP contribution in [-0.4, -0.2) is 30.4 Å². The van der Waals surface area contributed by atoms with E-state index >= 15 is 0 Å². The van der Waals surface area contributed by atoms with E-state index in [4.69, 9.17) is 0 Å². The zero-order valence-electron chi connectivity index (χ0n) is 11.2. The highest BCUT2D eigenvalue weighted by Crippen LogP contribution is 2.10. The van der Waals surface area contributed by atoms with Crippen LogP contribution in [0.15, 0.2) is 41.4 Å². The first-order valence-corrected chi connectivity index (χ1v) is 7.82. The molecule has 7 heteroatoms. The predicted molar refractivity (Wildman–Crippen MR) is 73.9 cm³/mol. The summed E-state index contributed by atoms with van der Waals surface area (Å²) in [6, 6.07) is 8.05. The van der Waals surface area contributed by atoms with Gasteiger partial charge in [-0.05, 0) is 23.8 Å². The van der Waals surface area contributed by atoms with Gasteiger partial charge >= 0.3 is 0 Å². The number of sulfone groups is 1. The van der Waals surface area contributed by atoms with Crippen LogP contribution in [0, 0.1) is 0 Å². The third kappa shape index (κ3) is 3.24. The summed E-state index contributed by atoms with van der Waals surface area (Å²) in [4.78, 5) is 12.1. The van der Waals surface area contributed by atoms with Crippen molar-refractivity contribution in [2.45, 2.75) is 11.4 Å². The smallest absolute Gasteiger partial charge is 0.269 e. The van der Waals surface area contributed by atoms with Crippen LogP contribution in [0.5, 0.6) is 0 Å². The molecule has 0 aliphatic heterocycles. The van der Waals surface area contributed by atoms with Crippen LogP contribution in [0.2, 0.25) is 0 Å². The molecule has 1 aromatic heterocycles. The summed E-state index contributed by atoms with van der Waals surface area (Å²) in [6.45, 7) is 0.327. The quantitative estimate of drug-likeness (QED) is 0.902. The molecule has 0 aliphatic rings. The van der Waals surface area contributed by atoms with Crippen molar-refractivity contribution in [3.8, 4) is 0 Å². The van der Waals surface area contributed by atoms with Crippen molar-refractivity contribution in [3.63, 3.8) is 0 Å². The second kappa shape index (κ2) is 5.46. The van der Waals surface area contributed by atoms with Gasteiger partial charge in [-0.3, -0.25) is 9.48 Å². The van der Waals surface area contributed by atoms with Gasteiger partial charge in [-0.1, -0.05) is 12.1 Å². The predicted octanol–water partition coefficient (Wildman–Crippen LogP) is 0.754. The normalized spacial score (nSPS) is 11.3. The Balaban J connectivity index is 2.02. The van der Waals surface area contributed by atoms with E-state index in [0.29, 0.717) is 12.2 Å². The van der Waals surface area contributed by atoms with Gasteiger partial charge in [-0.2, -0.15) is 5.10 Å². The summed E-state index contributed by atoms with van der Waals surface area (Å²) in [7, 11) is -1.50. The van der Waals surface area contributed by atoms with Crippen LogP contribution in [0.3, 0.4) is 0 Å². The zero-order chi connectivity index (χ0) is 14.8. The van der Waals surface area contributed by atoms with Crippen molar-refractivity contribution >= 4 is 15.7 Å². The summed E-state index contributed by atoms with van der Waals surface area (Å²) >= 11 is 0. The highest BCUT2D eigenvalue weighted by Gasteiger charge is 2.10. The van der Waals surface area contributed by atoms with Crippen molar-refractivity contribution < 1.29 is 13.2 Å². The van der Waals surface area contributed by atoms with Crippen molar-refractivity contribution in [1.82, 2.24) is 15.1 Å². The molecule has 0 radical (unpaired) electrons. The zero-order valence-corrected chi connectivity index (χ0v) is 12.0. The number of hydrogen-bond donors (Lipinski definition) is 1. The fraction of sp³-hybridized carbons (Fsp3) is 0.231. The Labute approximate surface area is 117 Å². The molecule has 0 atom stereocenters. The number of benzene rings is 1. The highest BCUT2D eigenvalue weighted by molar-refractivity contribution is 7.90. The lowest BCUT2D eigenvalue weighted by Gasteiger charge is -2.06. The topological polar surface area (TPSA) is 81.1 Å². The number of aryl methyl sites for hydroxylation is 1. The molecular formula is C13H15N3O3S. The molecule has 1 amide bonds. The molecule has 1 aromatic carbocycles. The van der Waals surface area contributed by atoms with E-state index in [-0.39, 0.29) is 10.8 Å². The second-order valence-corrected chi connectivity index (χ2v) is 6.45. The summed E-state index contributed by atoms with van der Waals surface area (Å²) in [5.74, 6) is -0.225. The molecule has 0 aliphatic carbocycles. The molecule has 6 nitrogen and oxygen atoms in total. The van der Waals surface area contributed by atoms with E-state index in [1.807, 2.05) is 0 Å². The van der Waals surface area contributed by atoms with Crippen LogP contribution in [0.1, 0.15) is 16.1 Å². The number of rotatable bonds is 4. The van der Waals surface area contributed by atoms with Gasteiger partial charge in [0.25, 0.3) is 5.91 Å². The number of nitrogens with one attached hydrogen (secondary N) is 1. The maximum atomic E-state index is 11.9. The van der Waals surface area contributed by atoms with Crippen LogP contribution in [0.4, 0.5) is 0 Å². The first kappa shape index (κ1) is 14.3. The SMILES string of the molecule is Cn1nccc1C(=O)NCc1ccc(S(C)(=O)=O)cc1. The maximum Gasteiger partial charge on any atom is 0.269 e. The molecule has 0 saturated carbocycles. The summed E-state index contributed by atoms with van der Waals surface area (Å²) < 4.78 is 24.1. The van der Waals surface area contributed by atoms with E-state index < -0.39 is 9.84 Å². The third-order valence-corrected chi connectivity index (χ3v) is 3.99.